The molecule has 0 atom stereocenters. The molecular formula is C24H21ClN4O2S. The molecule has 0 radical (unpaired) electrons. The number of carbonyl (C=O) groups is 1. The Labute approximate surface area is 195 Å². The summed E-state index contributed by atoms with van der Waals surface area (Å²) >= 11 is 8.11. The lowest BCUT2D eigenvalue weighted by atomic mass is 10.1. The summed E-state index contributed by atoms with van der Waals surface area (Å²) in [5, 5.41) is 14.3. The fraction of sp³-hybridized carbons (Fsp3) is 0.167. The summed E-state index contributed by atoms with van der Waals surface area (Å²) in [6.07, 6.45) is 7.95. The lowest BCUT2D eigenvalue weighted by Gasteiger charge is -2.17. The van der Waals surface area contributed by atoms with Gasteiger partial charge in [0.05, 0.1) is 27.7 Å². The zero-order chi connectivity index (χ0) is 22.2. The molecular weight excluding hydrogens is 444 g/mol. The van der Waals surface area contributed by atoms with E-state index in [1.807, 2.05) is 60.4 Å². The molecule has 0 aliphatic heterocycles. The zero-order valence-electron chi connectivity index (χ0n) is 17.3. The molecule has 0 bridgehead atoms. The van der Waals surface area contributed by atoms with Crippen molar-refractivity contribution in [3.8, 4) is 16.9 Å². The number of hydrogen-bond acceptors (Lipinski definition) is 4. The van der Waals surface area contributed by atoms with Crippen molar-refractivity contribution in [2.45, 2.75) is 23.7 Å². The van der Waals surface area contributed by atoms with Gasteiger partial charge in [-0.25, -0.2) is 4.79 Å². The number of halogens is 1. The van der Waals surface area contributed by atoms with Crippen LogP contribution in [0.4, 0.5) is 5.69 Å². The lowest BCUT2D eigenvalue weighted by Crippen LogP contribution is -2.02. The second-order valence-electron chi connectivity index (χ2n) is 7.82. The molecule has 0 saturated heterocycles. The average molecular weight is 465 g/mol. The lowest BCUT2D eigenvalue weighted by molar-refractivity contribution is 0.0696. The Morgan fingerprint density at radius 1 is 1.19 bits per heavy atom. The van der Waals surface area contributed by atoms with Crippen LogP contribution in [0.5, 0.6) is 0 Å². The number of hydrogen-bond donors (Lipinski definition) is 2. The predicted octanol–water partition coefficient (Wildman–Crippen LogP) is 6.23. The van der Waals surface area contributed by atoms with Crippen LogP contribution in [0.25, 0.3) is 16.9 Å². The minimum absolute atomic E-state index is 0.288. The van der Waals surface area contributed by atoms with Gasteiger partial charge in [-0.05, 0) is 78.7 Å². The molecule has 1 aliphatic carbocycles. The van der Waals surface area contributed by atoms with Gasteiger partial charge < -0.3 is 14.4 Å². The fourth-order valence-corrected chi connectivity index (χ4v) is 4.96. The maximum atomic E-state index is 11.5. The minimum atomic E-state index is -0.924. The highest BCUT2D eigenvalue weighted by atomic mass is 35.5. The molecule has 4 aromatic rings. The van der Waals surface area contributed by atoms with Crippen molar-refractivity contribution in [2.75, 3.05) is 4.72 Å². The van der Waals surface area contributed by atoms with Gasteiger partial charge in [0.25, 0.3) is 0 Å². The molecule has 2 N–H and O–H groups in total. The third-order valence-electron chi connectivity index (χ3n) is 5.61. The Morgan fingerprint density at radius 2 is 1.97 bits per heavy atom. The number of benzene rings is 2. The number of nitrogens with zero attached hydrogens (tertiary/aromatic N) is 3. The first-order valence-corrected chi connectivity index (χ1v) is 11.5. The van der Waals surface area contributed by atoms with Gasteiger partial charge in [-0.3, -0.25) is 4.68 Å². The van der Waals surface area contributed by atoms with Crippen LogP contribution in [0.15, 0.2) is 72.0 Å². The van der Waals surface area contributed by atoms with Crippen molar-refractivity contribution in [3.05, 3.63) is 83.3 Å². The summed E-state index contributed by atoms with van der Waals surface area (Å²) in [6.45, 7) is 0. The standard InChI is InChI=1S/C24H21ClN4O2S/c1-28-21(8-9-26-28)18-13-20(22(14-19(18)25)29-10-2-3-11-29)27-32-23-12-16(24(30)31)6-7-17(23)15-4-5-15/h2-3,6-15,27H,4-5H2,1H3,(H,30,31). The van der Waals surface area contributed by atoms with Crippen LogP contribution in [0.3, 0.4) is 0 Å². The van der Waals surface area contributed by atoms with Gasteiger partial charge in [-0.1, -0.05) is 17.7 Å². The number of carboxylic acids is 1. The van der Waals surface area contributed by atoms with Crippen molar-refractivity contribution in [3.63, 3.8) is 0 Å². The third-order valence-corrected chi connectivity index (χ3v) is 6.82. The monoisotopic (exact) mass is 464 g/mol. The Hall–Kier alpha value is -3.16. The second kappa shape index (κ2) is 8.41. The van der Waals surface area contributed by atoms with Crippen LogP contribution >= 0.6 is 23.5 Å². The average Bonchev–Trinajstić information content (AvgIpc) is 3.30. The Kier molecular flexibility index (Phi) is 5.45. The van der Waals surface area contributed by atoms with Crippen LogP contribution in [0, 0.1) is 0 Å². The molecule has 2 aromatic carbocycles. The predicted molar refractivity (Wildman–Crippen MR) is 128 cm³/mol. The van der Waals surface area contributed by atoms with Crippen molar-refractivity contribution in [2.24, 2.45) is 7.05 Å². The van der Waals surface area contributed by atoms with E-state index in [0.717, 1.165) is 40.4 Å². The number of aromatic carboxylic acids is 1. The maximum Gasteiger partial charge on any atom is 0.335 e. The van der Waals surface area contributed by atoms with Gasteiger partial charge in [0.1, 0.15) is 0 Å². The number of aromatic nitrogens is 3. The SMILES string of the molecule is Cn1nccc1-c1cc(NSc2cc(C(=O)O)ccc2C2CC2)c(-n2cccc2)cc1Cl. The van der Waals surface area contributed by atoms with E-state index < -0.39 is 5.97 Å². The molecule has 1 aliphatic rings. The number of nitrogens with one attached hydrogen (secondary N) is 1. The van der Waals surface area contributed by atoms with Crippen LogP contribution < -0.4 is 4.72 Å². The van der Waals surface area contributed by atoms with Gasteiger partial charge in [-0.2, -0.15) is 5.10 Å². The topological polar surface area (TPSA) is 72.1 Å². The van der Waals surface area contributed by atoms with Crippen LogP contribution in [-0.4, -0.2) is 25.4 Å². The van der Waals surface area contributed by atoms with Gasteiger partial charge in [0, 0.05) is 36.1 Å². The first kappa shape index (κ1) is 20.7. The zero-order valence-corrected chi connectivity index (χ0v) is 18.9. The summed E-state index contributed by atoms with van der Waals surface area (Å²) in [5.74, 6) is -0.423. The van der Waals surface area contributed by atoms with Crippen LogP contribution in [0.1, 0.15) is 34.7 Å². The number of aryl methyl sites for hydroxylation is 1. The summed E-state index contributed by atoms with van der Waals surface area (Å²) < 4.78 is 7.25. The largest absolute Gasteiger partial charge is 0.478 e. The summed E-state index contributed by atoms with van der Waals surface area (Å²) in [7, 11) is 1.88. The Bertz CT molecular complexity index is 1300. The maximum absolute atomic E-state index is 11.5. The van der Waals surface area contributed by atoms with Crippen LogP contribution in [0.2, 0.25) is 5.02 Å². The summed E-state index contributed by atoms with van der Waals surface area (Å²) in [5.41, 5.74) is 5.03. The molecule has 5 rings (SSSR count). The number of anilines is 1. The third kappa shape index (κ3) is 4.01. The molecule has 0 amide bonds. The van der Waals surface area contributed by atoms with E-state index in [1.54, 1.807) is 23.0 Å². The molecule has 32 heavy (non-hydrogen) atoms. The van der Waals surface area contributed by atoms with Crippen molar-refractivity contribution >= 4 is 35.2 Å². The molecule has 162 valence electrons. The van der Waals surface area contributed by atoms with Crippen LogP contribution in [-0.2, 0) is 7.05 Å². The van der Waals surface area contributed by atoms with Crippen molar-refractivity contribution in [1.29, 1.82) is 0 Å². The van der Waals surface area contributed by atoms with E-state index >= 15 is 0 Å². The molecule has 0 spiro atoms. The number of rotatable bonds is 7. The Morgan fingerprint density at radius 3 is 2.62 bits per heavy atom. The Balaban J connectivity index is 1.55. The number of carboxylic acid groups (broad SMARTS) is 1. The molecule has 6 nitrogen and oxygen atoms in total. The highest BCUT2D eigenvalue weighted by molar-refractivity contribution is 8.00. The highest BCUT2D eigenvalue weighted by Crippen LogP contribution is 2.45. The molecule has 0 unspecified atom stereocenters. The quantitative estimate of drug-likeness (QED) is 0.317. The smallest absolute Gasteiger partial charge is 0.335 e. The van der Waals surface area contributed by atoms with E-state index in [2.05, 4.69) is 9.82 Å². The normalized spacial score (nSPS) is 13.3. The van der Waals surface area contributed by atoms with Crippen molar-refractivity contribution in [1.82, 2.24) is 14.3 Å². The van der Waals surface area contributed by atoms with Gasteiger partial charge >= 0.3 is 5.97 Å². The first-order chi connectivity index (χ1) is 15.5. The molecule has 2 heterocycles. The highest BCUT2D eigenvalue weighted by Gasteiger charge is 2.27. The molecule has 8 heteroatoms. The van der Waals surface area contributed by atoms with E-state index in [-0.39, 0.29) is 5.56 Å². The van der Waals surface area contributed by atoms with E-state index in [4.69, 9.17) is 11.6 Å². The van der Waals surface area contributed by atoms with Gasteiger partial charge in [-0.15, -0.1) is 0 Å². The van der Waals surface area contributed by atoms with Gasteiger partial charge in [0.15, 0.2) is 0 Å². The summed E-state index contributed by atoms with van der Waals surface area (Å²) in [6, 6.07) is 15.2. The van der Waals surface area contributed by atoms with E-state index in [9.17, 15) is 9.90 Å². The van der Waals surface area contributed by atoms with E-state index in [0.29, 0.717) is 10.9 Å². The summed E-state index contributed by atoms with van der Waals surface area (Å²) in [4.78, 5) is 12.5. The first-order valence-electron chi connectivity index (χ1n) is 10.3. The molecule has 1 saturated carbocycles. The van der Waals surface area contributed by atoms with Gasteiger partial charge in [0.2, 0.25) is 0 Å². The minimum Gasteiger partial charge on any atom is -0.478 e. The fourth-order valence-electron chi connectivity index (χ4n) is 3.78. The molecule has 2 aromatic heterocycles. The second-order valence-corrected chi connectivity index (χ2v) is 9.07. The van der Waals surface area contributed by atoms with E-state index in [1.165, 1.54) is 17.5 Å². The van der Waals surface area contributed by atoms with Crippen molar-refractivity contribution < 1.29 is 9.90 Å². The molecule has 1 fully saturated rings.